The first-order valence-electron chi connectivity index (χ1n) is 5.71. The highest BCUT2D eigenvalue weighted by Crippen LogP contribution is 2.20. The SMILES string of the molecule is CN(Cc1ccccc1Cl)c1ccnc(CO)c1. The summed E-state index contributed by atoms with van der Waals surface area (Å²) in [5.74, 6) is 0. The number of benzene rings is 1. The van der Waals surface area contributed by atoms with E-state index < -0.39 is 0 Å². The zero-order chi connectivity index (χ0) is 13.0. The van der Waals surface area contributed by atoms with Gasteiger partial charge in [-0.25, -0.2) is 0 Å². The number of hydrogen-bond donors (Lipinski definition) is 1. The lowest BCUT2D eigenvalue weighted by molar-refractivity contribution is 0.277. The molecular weight excluding hydrogens is 248 g/mol. The Balaban J connectivity index is 2.16. The lowest BCUT2D eigenvalue weighted by Crippen LogP contribution is -2.17. The molecule has 0 unspecified atom stereocenters. The Morgan fingerprint density at radius 3 is 2.78 bits per heavy atom. The molecule has 94 valence electrons. The standard InChI is InChI=1S/C14H15ClN2O/c1-17(9-11-4-2-3-5-14(11)15)13-6-7-16-12(8-13)10-18/h2-8,18H,9-10H2,1H3. The lowest BCUT2D eigenvalue weighted by atomic mass is 10.2. The van der Waals surface area contributed by atoms with Crippen molar-refractivity contribution in [2.45, 2.75) is 13.2 Å². The first-order valence-corrected chi connectivity index (χ1v) is 6.09. The summed E-state index contributed by atoms with van der Waals surface area (Å²) in [6.45, 7) is 0.669. The number of halogens is 1. The summed E-state index contributed by atoms with van der Waals surface area (Å²) in [6.07, 6.45) is 1.70. The third kappa shape index (κ3) is 3.00. The molecule has 0 aliphatic rings. The maximum atomic E-state index is 9.08. The van der Waals surface area contributed by atoms with Crippen LogP contribution < -0.4 is 4.90 Å². The Morgan fingerprint density at radius 1 is 1.28 bits per heavy atom. The second-order valence-electron chi connectivity index (χ2n) is 4.11. The molecule has 0 atom stereocenters. The lowest BCUT2D eigenvalue weighted by Gasteiger charge is -2.20. The summed E-state index contributed by atoms with van der Waals surface area (Å²) in [5.41, 5.74) is 2.75. The van der Waals surface area contributed by atoms with Gasteiger partial charge in [-0.3, -0.25) is 4.98 Å². The van der Waals surface area contributed by atoms with Gasteiger partial charge in [-0.15, -0.1) is 0 Å². The van der Waals surface area contributed by atoms with E-state index in [1.807, 2.05) is 43.4 Å². The van der Waals surface area contributed by atoms with Crippen molar-refractivity contribution in [1.29, 1.82) is 0 Å². The molecule has 0 bridgehead atoms. The molecule has 4 heteroatoms. The van der Waals surface area contributed by atoms with Gasteiger partial charge in [-0.1, -0.05) is 29.8 Å². The van der Waals surface area contributed by atoms with Crippen LogP contribution in [0.4, 0.5) is 5.69 Å². The molecule has 2 aromatic rings. The number of anilines is 1. The minimum Gasteiger partial charge on any atom is -0.390 e. The van der Waals surface area contributed by atoms with Crippen molar-refractivity contribution in [3.05, 3.63) is 58.9 Å². The molecule has 0 spiro atoms. The van der Waals surface area contributed by atoms with Gasteiger partial charge in [0.2, 0.25) is 0 Å². The Bertz CT molecular complexity index is 531. The zero-order valence-corrected chi connectivity index (χ0v) is 10.9. The molecule has 3 nitrogen and oxygen atoms in total. The molecule has 0 radical (unpaired) electrons. The van der Waals surface area contributed by atoms with Crippen LogP contribution in [-0.4, -0.2) is 17.1 Å². The van der Waals surface area contributed by atoms with Crippen LogP contribution in [0.15, 0.2) is 42.6 Å². The van der Waals surface area contributed by atoms with E-state index in [0.29, 0.717) is 12.2 Å². The Kier molecular flexibility index (Phi) is 4.18. The summed E-state index contributed by atoms with van der Waals surface area (Å²) in [5, 5.41) is 9.84. The first-order chi connectivity index (χ1) is 8.70. The van der Waals surface area contributed by atoms with Gasteiger partial charge < -0.3 is 10.0 Å². The number of aliphatic hydroxyl groups excluding tert-OH is 1. The number of rotatable bonds is 4. The molecule has 0 fully saturated rings. The van der Waals surface area contributed by atoms with E-state index in [1.165, 1.54) is 0 Å². The van der Waals surface area contributed by atoms with Crippen LogP contribution in [0.3, 0.4) is 0 Å². The van der Waals surface area contributed by atoms with Crippen LogP contribution in [0.2, 0.25) is 5.02 Å². The van der Waals surface area contributed by atoms with Gasteiger partial charge in [0.1, 0.15) is 0 Å². The normalized spacial score (nSPS) is 10.4. The van der Waals surface area contributed by atoms with Crippen molar-refractivity contribution in [1.82, 2.24) is 4.98 Å². The maximum Gasteiger partial charge on any atom is 0.0853 e. The summed E-state index contributed by atoms with van der Waals surface area (Å²) in [4.78, 5) is 6.13. The fraction of sp³-hybridized carbons (Fsp3) is 0.214. The number of nitrogens with zero attached hydrogens (tertiary/aromatic N) is 2. The minimum atomic E-state index is -0.0478. The van der Waals surface area contributed by atoms with Crippen LogP contribution in [0.25, 0.3) is 0 Å². The average molecular weight is 263 g/mol. The molecule has 0 aliphatic heterocycles. The molecule has 1 N–H and O–H groups in total. The fourth-order valence-electron chi connectivity index (χ4n) is 1.76. The number of aromatic nitrogens is 1. The van der Waals surface area contributed by atoms with E-state index in [2.05, 4.69) is 9.88 Å². The van der Waals surface area contributed by atoms with Crippen LogP contribution >= 0.6 is 11.6 Å². The van der Waals surface area contributed by atoms with Crippen molar-refractivity contribution in [3.63, 3.8) is 0 Å². The van der Waals surface area contributed by atoms with Gasteiger partial charge in [0.15, 0.2) is 0 Å². The van der Waals surface area contributed by atoms with E-state index >= 15 is 0 Å². The second kappa shape index (κ2) is 5.85. The minimum absolute atomic E-state index is 0.0478. The topological polar surface area (TPSA) is 36.4 Å². The Morgan fingerprint density at radius 2 is 2.06 bits per heavy atom. The van der Waals surface area contributed by atoms with Gasteiger partial charge in [0.25, 0.3) is 0 Å². The molecular formula is C14H15ClN2O. The van der Waals surface area contributed by atoms with E-state index in [1.54, 1.807) is 6.20 Å². The van der Waals surface area contributed by atoms with Gasteiger partial charge in [-0.2, -0.15) is 0 Å². The van der Waals surface area contributed by atoms with E-state index in [-0.39, 0.29) is 6.61 Å². The maximum absolute atomic E-state index is 9.08. The first kappa shape index (κ1) is 12.9. The zero-order valence-electron chi connectivity index (χ0n) is 10.2. The van der Waals surface area contributed by atoms with Crippen LogP contribution in [0, 0.1) is 0 Å². The van der Waals surface area contributed by atoms with E-state index in [0.717, 1.165) is 16.3 Å². The number of pyridine rings is 1. The van der Waals surface area contributed by atoms with Gasteiger partial charge in [-0.05, 0) is 23.8 Å². The fourth-order valence-corrected chi connectivity index (χ4v) is 1.96. The molecule has 1 aromatic heterocycles. The third-order valence-electron chi connectivity index (χ3n) is 2.77. The Labute approximate surface area is 112 Å². The Hall–Kier alpha value is -1.58. The summed E-state index contributed by atoms with van der Waals surface area (Å²) < 4.78 is 0. The second-order valence-corrected chi connectivity index (χ2v) is 4.52. The van der Waals surface area contributed by atoms with Crippen molar-refractivity contribution in [2.75, 3.05) is 11.9 Å². The largest absolute Gasteiger partial charge is 0.390 e. The molecule has 0 saturated carbocycles. The number of hydrogen-bond acceptors (Lipinski definition) is 3. The quantitative estimate of drug-likeness (QED) is 0.921. The van der Waals surface area contributed by atoms with Crippen LogP contribution in [0.1, 0.15) is 11.3 Å². The highest BCUT2D eigenvalue weighted by molar-refractivity contribution is 6.31. The molecule has 1 heterocycles. The van der Waals surface area contributed by atoms with E-state index in [9.17, 15) is 0 Å². The molecule has 0 saturated heterocycles. The van der Waals surface area contributed by atoms with E-state index in [4.69, 9.17) is 16.7 Å². The van der Waals surface area contributed by atoms with Crippen molar-refractivity contribution in [2.24, 2.45) is 0 Å². The average Bonchev–Trinajstić information content (AvgIpc) is 2.41. The molecule has 0 amide bonds. The van der Waals surface area contributed by atoms with Crippen LogP contribution in [0.5, 0.6) is 0 Å². The van der Waals surface area contributed by atoms with Crippen molar-refractivity contribution < 1.29 is 5.11 Å². The smallest absolute Gasteiger partial charge is 0.0853 e. The summed E-state index contributed by atoms with van der Waals surface area (Å²) >= 11 is 6.14. The molecule has 2 rings (SSSR count). The summed E-state index contributed by atoms with van der Waals surface area (Å²) in [7, 11) is 1.99. The van der Waals surface area contributed by atoms with Gasteiger partial charge >= 0.3 is 0 Å². The molecule has 0 aliphatic carbocycles. The highest BCUT2D eigenvalue weighted by Gasteiger charge is 2.06. The van der Waals surface area contributed by atoms with Crippen molar-refractivity contribution >= 4 is 17.3 Å². The number of aliphatic hydroxyl groups is 1. The van der Waals surface area contributed by atoms with Crippen molar-refractivity contribution in [3.8, 4) is 0 Å². The molecule has 1 aromatic carbocycles. The highest BCUT2D eigenvalue weighted by atomic mass is 35.5. The predicted octanol–water partition coefficient (Wildman–Crippen LogP) is 2.86. The van der Waals surface area contributed by atoms with Gasteiger partial charge in [0.05, 0.1) is 12.3 Å². The van der Waals surface area contributed by atoms with Gasteiger partial charge in [0, 0.05) is 30.5 Å². The summed E-state index contributed by atoms with van der Waals surface area (Å²) in [6, 6.07) is 11.6. The predicted molar refractivity (Wildman–Crippen MR) is 73.7 cm³/mol. The monoisotopic (exact) mass is 262 g/mol. The van der Waals surface area contributed by atoms with Crippen LogP contribution in [-0.2, 0) is 13.2 Å². The third-order valence-corrected chi connectivity index (χ3v) is 3.14. The molecule has 18 heavy (non-hydrogen) atoms.